The molecule has 1 atom stereocenters. The summed E-state index contributed by atoms with van der Waals surface area (Å²) in [7, 11) is -3.72. The summed E-state index contributed by atoms with van der Waals surface area (Å²) >= 11 is 0. The number of carbonyl (C=O) groups is 1. The van der Waals surface area contributed by atoms with E-state index in [4.69, 9.17) is 9.47 Å². The van der Waals surface area contributed by atoms with Crippen LogP contribution in [-0.2, 0) is 19.6 Å². The number of sulfonamides is 1. The highest BCUT2D eigenvalue weighted by Crippen LogP contribution is 2.48. The van der Waals surface area contributed by atoms with Crippen molar-refractivity contribution in [1.29, 1.82) is 0 Å². The van der Waals surface area contributed by atoms with Gasteiger partial charge in [0.2, 0.25) is 10.0 Å². The molecule has 40 heavy (non-hydrogen) atoms. The van der Waals surface area contributed by atoms with E-state index in [1.165, 1.54) is 0 Å². The molecule has 1 heterocycles. The fraction of sp³-hybridized carbons (Fsp3) is 0.387. The molecule has 0 saturated carbocycles. The topological polar surface area (TPSA) is 114 Å². The van der Waals surface area contributed by atoms with Gasteiger partial charge in [-0.1, -0.05) is 24.3 Å². The summed E-state index contributed by atoms with van der Waals surface area (Å²) in [4.78, 5) is 12.8. The lowest BCUT2D eigenvalue weighted by molar-refractivity contribution is -0.160. The second-order valence-corrected chi connectivity index (χ2v) is 13.1. The zero-order valence-electron chi connectivity index (χ0n) is 24.4. The van der Waals surface area contributed by atoms with Crippen molar-refractivity contribution < 1.29 is 27.8 Å². The van der Waals surface area contributed by atoms with Crippen LogP contribution in [0.4, 0.5) is 11.4 Å². The van der Waals surface area contributed by atoms with E-state index in [-0.39, 0.29) is 0 Å². The summed E-state index contributed by atoms with van der Waals surface area (Å²) in [6, 6.07) is 11.7. The third-order valence-corrected chi connectivity index (χ3v) is 7.61. The predicted octanol–water partition coefficient (Wildman–Crippen LogP) is 6.37. The summed E-state index contributed by atoms with van der Waals surface area (Å²) in [6.07, 6.45) is -0.266. The number of fused-ring (bicyclic) bond motifs is 1. The number of nitrogens with one attached hydrogen (secondary N) is 2. The molecule has 214 valence electrons. The first-order chi connectivity index (χ1) is 18.6. The minimum absolute atomic E-state index is 0.338. The van der Waals surface area contributed by atoms with Crippen LogP contribution < -0.4 is 14.8 Å². The maximum Gasteiger partial charge on any atom is 0.337 e. The monoisotopic (exact) mass is 566 g/mol. The minimum Gasteiger partial charge on any atom is -0.490 e. The highest BCUT2D eigenvalue weighted by Gasteiger charge is 2.34. The molecule has 3 aromatic rings. The Morgan fingerprint density at radius 1 is 1.00 bits per heavy atom. The highest BCUT2D eigenvalue weighted by atomic mass is 32.2. The zero-order chi connectivity index (χ0) is 29.6. The van der Waals surface area contributed by atoms with E-state index in [0.29, 0.717) is 41.1 Å². The average Bonchev–Trinajstić information content (AvgIpc) is 2.85. The molecule has 3 N–H and O–H groups in total. The van der Waals surface area contributed by atoms with Crippen LogP contribution in [0.15, 0.2) is 36.4 Å². The Morgan fingerprint density at radius 3 is 2.25 bits per heavy atom. The number of anilines is 2. The van der Waals surface area contributed by atoms with Crippen LogP contribution in [0.3, 0.4) is 0 Å². The molecule has 1 aliphatic heterocycles. The maximum atomic E-state index is 12.8. The van der Waals surface area contributed by atoms with Crippen LogP contribution in [-0.4, -0.2) is 44.5 Å². The van der Waals surface area contributed by atoms with E-state index < -0.39 is 27.7 Å². The van der Waals surface area contributed by atoms with Crippen LogP contribution in [0.5, 0.6) is 5.75 Å². The molecule has 0 fully saturated rings. The summed E-state index contributed by atoms with van der Waals surface area (Å²) in [6.45, 7) is 14.3. The Labute approximate surface area is 236 Å². The average molecular weight is 567 g/mol. The number of rotatable bonds is 7. The van der Waals surface area contributed by atoms with E-state index >= 15 is 0 Å². The number of aryl methyl sites for hydroxylation is 2. The molecule has 0 radical (unpaired) electrons. The van der Waals surface area contributed by atoms with Crippen molar-refractivity contribution in [3.05, 3.63) is 64.2 Å². The molecule has 1 aliphatic rings. The number of ether oxygens (including phenoxy) is 2. The predicted molar refractivity (Wildman–Crippen MR) is 160 cm³/mol. The van der Waals surface area contributed by atoms with E-state index in [9.17, 15) is 18.3 Å². The van der Waals surface area contributed by atoms with E-state index in [0.717, 1.165) is 45.5 Å². The van der Waals surface area contributed by atoms with Gasteiger partial charge >= 0.3 is 5.97 Å². The highest BCUT2D eigenvalue weighted by molar-refractivity contribution is 7.92. The van der Waals surface area contributed by atoms with E-state index in [2.05, 4.69) is 10.0 Å². The van der Waals surface area contributed by atoms with Gasteiger partial charge in [-0.2, -0.15) is 0 Å². The van der Waals surface area contributed by atoms with Gasteiger partial charge in [-0.25, -0.2) is 13.2 Å². The largest absolute Gasteiger partial charge is 0.490 e. The molecule has 0 saturated heterocycles. The van der Waals surface area contributed by atoms with Gasteiger partial charge in [-0.15, -0.1) is 0 Å². The number of carboxylic acid groups (broad SMARTS) is 1. The van der Waals surface area contributed by atoms with Crippen LogP contribution >= 0.6 is 0 Å². The van der Waals surface area contributed by atoms with Gasteiger partial charge in [0.25, 0.3) is 0 Å². The third kappa shape index (κ3) is 6.10. The SMILES string of the molecule is Cc1ccc(-c2c(C)c(-c3ccc4c(c3)NCCO4)c([C@H](OC(C)(C)C)C(=O)O)c(C)c2NS(C)(=O)=O)cc1C. The fourth-order valence-corrected chi connectivity index (χ4v) is 5.80. The van der Waals surface area contributed by atoms with Gasteiger partial charge in [0.15, 0.2) is 6.10 Å². The Bertz CT molecular complexity index is 1590. The summed E-state index contributed by atoms with van der Waals surface area (Å²) in [5.74, 6) is -0.446. The van der Waals surface area contributed by atoms with Crippen molar-refractivity contribution in [3.8, 4) is 28.0 Å². The van der Waals surface area contributed by atoms with E-state index in [1.807, 2.05) is 57.2 Å². The molecule has 4 rings (SSSR count). The molecular formula is C31H38N2O6S. The molecule has 0 aliphatic carbocycles. The van der Waals surface area contributed by atoms with E-state index in [1.54, 1.807) is 27.7 Å². The van der Waals surface area contributed by atoms with Crippen molar-refractivity contribution >= 4 is 27.4 Å². The van der Waals surface area contributed by atoms with Crippen LogP contribution in [0.2, 0.25) is 0 Å². The lowest BCUT2D eigenvalue weighted by Gasteiger charge is -2.31. The zero-order valence-corrected chi connectivity index (χ0v) is 25.2. The van der Waals surface area contributed by atoms with Crippen molar-refractivity contribution in [3.63, 3.8) is 0 Å². The standard InChI is InChI=1S/C31H38N2O6S/c1-17-9-10-21(15-18(17)2)26-19(3)25(22-11-12-24-23(16-22)32-13-14-38-24)27(20(4)28(26)33-40(8,36)37)29(30(34)35)39-31(5,6)7/h9-12,15-16,29,32-33H,13-14H2,1-8H3,(H,34,35)/t29-/m0/s1. The van der Waals surface area contributed by atoms with Crippen molar-refractivity contribution in [2.45, 2.75) is 60.2 Å². The smallest absolute Gasteiger partial charge is 0.337 e. The van der Waals surface area contributed by atoms with Crippen LogP contribution in [0, 0.1) is 27.7 Å². The first-order valence-electron chi connectivity index (χ1n) is 13.2. The fourth-order valence-electron chi connectivity index (χ4n) is 5.18. The Balaban J connectivity index is 2.17. The summed E-state index contributed by atoms with van der Waals surface area (Å²) in [5, 5.41) is 13.8. The third-order valence-electron chi connectivity index (χ3n) is 7.03. The Morgan fingerprint density at radius 2 is 1.65 bits per heavy atom. The first-order valence-corrected chi connectivity index (χ1v) is 15.1. The molecule has 0 amide bonds. The lowest BCUT2D eigenvalue weighted by Crippen LogP contribution is -2.29. The van der Waals surface area contributed by atoms with Gasteiger partial charge in [-0.3, -0.25) is 4.72 Å². The number of hydrogen-bond acceptors (Lipinski definition) is 6. The molecule has 0 aromatic heterocycles. The number of benzene rings is 3. The lowest BCUT2D eigenvalue weighted by atomic mass is 9.82. The summed E-state index contributed by atoms with van der Waals surface area (Å²) in [5.41, 5.74) is 7.09. The summed E-state index contributed by atoms with van der Waals surface area (Å²) < 4.78 is 39.9. The molecule has 3 aromatic carbocycles. The minimum atomic E-state index is -3.72. The maximum absolute atomic E-state index is 12.8. The number of carboxylic acids is 1. The number of aliphatic carboxylic acids is 1. The van der Waals surface area contributed by atoms with Crippen molar-refractivity contribution in [2.24, 2.45) is 0 Å². The normalized spacial score (nSPS) is 14.1. The van der Waals surface area contributed by atoms with Crippen LogP contribution in [0.1, 0.15) is 54.7 Å². The van der Waals surface area contributed by atoms with Gasteiger partial charge < -0.3 is 19.9 Å². The second kappa shape index (κ2) is 10.8. The molecular weight excluding hydrogens is 528 g/mol. The Kier molecular flexibility index (Phi) is 7.93. The molecule has 9 heteroatoms. The molecule has 0 spiro atoms. The van der Waals surface area contributed by atoms with Gasteiger partial charge in [0.05, 0.1) is 23.2 Å². The van der Waals surface area contributed by atoms with Gasteiger partial charge in [0.1, 0.15) is 12.4 Å². The van der Waals surface area contributed by atoms with Crippen molar-refractivity contribution in [2.75, 3.05) is 29.4 Å². The molecule has 0 bridgehead atoms. The molecule has 0 unspecified atom stereocenters. The first kappa shape index (κ1) is 29.4. The Hall–Kier alpha value is -3.56. The van der Waals surface area contributed by atoms with Gasteiger partial charge in [-0.05, 0) is 99.5 Å². The van der Waals surface area contributed by atoms with Gasteiger partial charge in [0, 0.05) is 17.7 Å². The number of hydrogen-bond donors (Lipinski definition) is 3. The quantitative estimate of drug-likeness (QED) is 0.304. The van der Waals surface area contributed by atoms with Crippen LogP contribution in [0.25, 0.3) is 22.3 Å². The van der Waals surface area contributed by atoms with Crippen molar-refractivity contribution in [1.82, 2.24) is 0 Å². The second-order valence-electron chi connectivity index (χ2n) is 11.4. The molecule has 8 nitrogen and oxygen atoms in total.